The lowest BCUT2D eigenvalue weighted by Crippen LogP contribution is -2.48. The lowest BCUT2D eigenvalue weighted by Gasteiger charge is -2.41. The summed E-state index contributed by atoms with van der Waals surface area (Å²) in [5, 5.41) is 50.0. The topological polar surface area (TPSA) is 268 Å². The standard InChI is InChI=1S/C71H88FN7O15/c1-35-15-14-16-36(2)70(88)74-57-64(86)53-52(54-66(41(7)63(53)85)94-71(9,69(54)87)91-28-22-50(89-12)38(4)65(92-42(8)80)40(6)62(84)39(5)60(35)82)56-67(57)93-51-30-46(29-49(81)55(51)73-56)76-24-20-44(21-25-76)77(27-26-75(10)11)33-43-19-23-78(34-43)59-48(72)31-47-58(68(59)90-13)79(45-17-18-45)32-37(3)61(47)83/h14-16,22,28-32,35,38-40,43-45,50,60,62,65,81-82,84-85H,17-21,23-27,33-34H2,1-13H3,(H,74,88)/b15-14+,28-22+,36-16-/t35-,38+,39+,40+,43?,50-,60-,62+,65+,71-/m0/s1. The van der Waals surface area contributed by atoms with Crippen LogP contribution in [0.2, 0.25) is 0 Å². The number of halogens is 1. The van der Waals surface area contributed by atoms with E-state index >= 15 is 14.0 Å². The van der Waals surface area contributed by atoms with Gasteiger partial charge in [0.25, 0.3) is 11.7 Å². The number of anilines is 3. The molecule has 12 rings (SSSR count). The van der Waals surface area contributed by atoms with Crippen molar-refractivity contribution in [2.75, 3.05) is 89.2 Å². The molecule has 5 N–H and O–H groups in total. The number of fused-ring (bicyclic) bond motifs is 15. The quantitative estimate of drug-likeness (QED) is 0.0434. The number of nitrogens with one attached hydrogen (secondary N) is 1. The highest BCUT2D eigenvalue weighted by Crippen LogP contribution is 2.52. The Bertz CT molecular complexity index is 4150. The maximum Gasteiger partial charge on any atom is 0.312 e. The fraction of sp³-hybridized carbons (Fsp3) is 0.521. The van der Waals surface area contributed by atoms with Crippen molar-refractivity contribution in [3.63, 3.8) is 0 Å². The minimum absolute atomic E-state index is 0.00524. The maximum absolute atomic E-state index is 16.4. The molecule has 2 aliphatic carbocycles. The van der Waals surface area contributed by atoms with Crippen LogP contribution in [0.4, 0.5) is 21.5 Å². The first-order chi connectivity index (χ1) is 44.7. The van der Waals surface area contributed by atoms with Crippen LogP contribution >= 0.6 is 0 Å². The van der Waals surface area contributed by atoms with Gasteiger partial charge in [-0.05, 0) is 85.0 Å². The van der Waals surface area contributed by atoms with Gasteiger partial charge in [0.1, 0.15) is 45.9 Å². The molecule has 7 heterocycles. The van der Waals surface area contributed by atoms with Crippen molar-refractivity contribution in [2.45, 2.75) is 137 Å². The number of ketones is 1. The number of aliphatic hydroxyl groups excluding tert-OH is 2. The zero-order valence-electron chi connectivity index (χ0n) is 55.9. The zero-order chi connectivity index (χ0) is 67.7. The number of phenolic OH excluding ortho intramolecular Hbond substituents is 2. The van der Waals surface area contributed by atoms with Gasteiger partial charge in [0, 0.05) is 149 Å². The number of aliphatic hydroxyl groups is 2. The van der Waals surface area contributed by atoms with Crippen LogP contribution in [-0.4, -0.2) is 168 Å². The highest BCUT2D eigenvalue weighted by Gasteiger charge is 2.50. The summed E-state index contributed by atoms with van der Waals surface area (Å²) in [6, 6.07) is 5.10. The largest absolute Gasteiger partial charge is 0.507 e. The number of amides is 1. The molecule has 3 fully saturated rings. The predicted molar refractivity (Wildman–Crippen MR) is 356 cm³/mol. The number of likely N-dealkylation sites (N-methyl/N-ethyl adjacent to an activating group) is 1. The number of Topliss-reactive ketones (excluding diaryl/α,β-unsaturated/α-hetero) is 1. The number of aromatic hydroxyl groups is 2. The molecule has 23 heteroatoms. The number of benzene rings is 4. The third-order valence-corrected chi connectivity index (χ3v) is 20.2. The van der Waals surface area contributed by atoms with Gasteiger partial charge < -0.3 is 73.1 Å². The van der Waals surface area contributed by atoms with Gasteiger partial charge in [0.15, 0.2) is 28.3 Å². The summed E-state index contributed by atoms with van der Waals surface area (Å²) < 4.78 is 55.4. The summed E-state index contributed by atoms with van der Waals surface area (Å²) in [6.45, 7) is 19.1. The number of carbonyl (C=O) groups is 3. The van der Waals surface area contributed by atoms with E-state index in [0.717, 1.165) is 51.7 Å². The summed E-state index contributed by atoms with van der Waals surface area (Å²) in [6.07, 6.45) is 9.55. The van der Waals surface area contributed by atoms with Crippen molar-refractivity contribution >= 4 is 67.5 Å². The van der Waals surface area contributed by atoms with Crippen molar-refractivity contribution in [1.82, 2.24) is 19.4 Å². The van der Waals surface area contributed by atoms with E-state index < -0.39 is 94.2 Å². The fourth-order valence-electron chi connectivity index (χ4n) is 14.5. The molecule has 0 spiro atoms. The lowest BCUT2D eigenvalue weighted by atomic mass is 9.78. The van der Waals surface area contributed by atoms with E-state index in [4.69, 9.17) is 33.1 Å². The SMILES string of the molecule is COc1c(N2CCC(CN(CCN(C)C)C3CCN(c4cc(O)c5nc6c7c8c9c(C)c(O)c7c(=O)c(c-6oc5c4)NC(=O)/C(C)=C\C=C\[C@H](C)[C@H](O)[C@@H](C)[C@@H](O)[C@@H](C)[C@H](OC(C)=O)[C@H](C)[C@@H](OC)/C=C/O[C@@](C)(O9)C8=O)CC3)C2)c(F)cc2c(=O)c(C)cn(C3CC3)c12. The number of carbonyl (C=O) groups excluding carboxylic acids is 3. The molecule has 5 bridgehead atoms. The third kappa shape index (κ3) is 12.5. The third-order valence-electron chi connectivity index (χ3n) is 20.2. The number of ether oxygens (including phenoxy) is 5. The van der Waals surface area contributed by atoms with Gasteiger partial charge >= 0.3 is 11.8 Å². The highest BCUT2D eigenvalue weighted by atomic mass is 19.1. The second-order valence-electron chi connectivity index (χ2n) is 27.1. The number of rotatable bonds is 12. The summed E-state index contributed by atoms with van der Waals surface area (Å²) in [7, 11) is 7.08. The Hall–Kier alpha value is -8.09. The highest BCUT2D eigenvalue weighted by molar-refractivity contribution is 6.22. The number of aromatic nitrogens is 2. The summed E-state index contributed by atoms with van der Waals surface area (Å²) >= 11 is 0. The number of pyridine rings is 1. The molecule has 1 unspecified atom stereocenters. The normalized spacial score (nSPS) is 27.2. The molecule has 2 saturated heterocycles. The number of aryl methyl sites for hydroxylation is 1. The first kappa shape index (κ1) is 67.3. The monoisotopic (exact) mass is 1300 g/mol. The number of nitrogens with zero attached hydrogens (tertiary/aromatic N) is 6. The van der Waals surface area contributed by atoms with Crippen LogP contribution in [0.5, 0.6) is 23.0 Å². The van der Waals surface area contributed by atoms with Crippen molar-refractivity contribution in [2.24, 2.45) is 29.6 Å². The average molecular weight is 1300 g/mol. The molecule has 8 aliphatic rings. The molecule has 4 aromatic rings. The second-order valence-corrected chi connectivity index (χ2v) is 27.1. The van der Waals surface area contributed by atoms with Gasteiger partial charge in [-0.1, -0.05) is 45.9 Å². The Labute approximate surface area is 545 Å². The van der Waals surface area contributed by atoms with Crippen molar-refractivity contribution in [3.8, 4) is 34.5 Å². The van der Waals surface area contributed by atoms with Gasteiger partial charge in [-0.2, -0.15) is 0 Å². The van der Waals surface area contributed by atoms with E-state index in [1.807, 2.05) is 20.3 Å². The fourth-order valence-corrected chi connectivity index (χ4v) is 14.5. The van der Waals surface area contributed by atoms with E-state index in [1.54, 1.807) is 66.0 Å². The minimum atomic E-state index is -2.13. The zero-order valence-corrected chi connectivity index (χ0v) is 55.9. The minimum Gasteiger partial charge on any atom is -0.507 e. The molecule has 1 saturated carbocycles. The average Bonchev–Trinajstić information content (AvgIpc) is 1.48. The molecule has 504 valence electrons. The molecular weight excluding hydrogens is 1210 g/mol. The Kier molecular flexibility index (Phi) is 19.1. The van der Waals surface area contributed by atoms with Crippen LogP contribution in [-0.2, 0) is 23.8 Å². The molecule has 1 aromatic heterocycles. The molecule has 6 aliphatic heterocycles. The number of hydrogen-bond acceptors (Lipinski definition) is 20. The van der Waals surface area contributed by atoms with Gasteiger partial charge in [-0.3, -0.25) is 28.9 Å². The van der Waals surface area contributed by atoms with E-state index in [9.17, 15) is 34.8 Å². The van der Waals surface area contributed by atoms with Crippen molar-refractivity contribution in [1.29, 1.82) is 0 Å². The predicted octanol–water partition coefficient (Wildman–Crippen LogP) is 9.12. The molecular formula is C71H88FN7O15. The van der Waals surface area contributed by atoms with E-state index in [-0.39, 0.29) is 85.0 Å². The lowest BCUT2D eigenvalue weighted by molar-refractivity contribution is -0.160. The van der Waals surface area contributed by atoms with Crippen molar-refractivity contribution < 1.29 is 67.3 Å². The molecule has 10 atom stereocenters. The molecule has 22 nitrogen and oxygen atoms in total. The Morgan fingerprint density at radius 3 is 2.27 bits per heavy atom. The number of hydrogen-bond donors (Lipinski definition) is 5. The number of esters is 1. The maximum atomic E-state index is 16.4. The van der Waals surface area contributed by atoms with Crippen LogP contribution in [0.3, 0.4) is 0 Å². The molecule has 0 radical (unpaired) electrons. The van der Waals surface area contributed by atoms with Gasteiger partial charge in [-0.25, -0.2) is 9.37 Å². The first-order valence-corrected chi connectivity index (χ1v) is 32.6. The van der Waals surface area contributed by atoms with Crippen LogP contribution in [0.25, 0.3) is 44.2 Å². The molecule has 94 heavy (non-hydrogen) atoms. The van der Waals surface area contributed by atoms with E-state index in [0.29, 0.717) is 59.8 Å². The molecule has 3 aromatic carbocycles. The number of phenols is 2. The first-order valence-electron chi connectivity index (χ1n) is 32.6. The Morgan fingerprint density at radius 1 is 0.883 bits per heavy atom. The molecule has 1 amide bonds. The van der Waals surface area contributed by atoms with E-state index in [2.05, 4.69) is 29.5 Å². The second kappa shape index (κ2) is 26.6. The van der Waals surface area contributed by atoms with Crippen LogP contribution in [0.1, 0.15) is 108 Å². The Balaban J connectivity index is 0.923. The number of allylic oxidation sites excluding steroid dienone is 2. The number of piperidine rings is 1. The van der Waals surface area contributed by atoms with Crippen LogP contribution in [0.15, 0.2) is 74.5 Å². The van der Waals surface area contributed by atoms with Crippen LogP contribution < -0.4 is 35.4 Å². The van der Waals surface area contributed by atoms with Crippen LogP contribution in [0, 0.1) is 49.3 Å². The summed E-state index contributed by atoms with van der Waals surface area (Å²) in [5.41, 5.74) is 0.440. The van der Waals surface area contributed by atoms with Gasteiger partial charge in [0.05, 0.1) is 53.5 Å². The van der Waals surface area contributed by atoms with Gasteiger partial charge in [0.2, 0.25) is 5.43 Å². The van der Waals surface area contributed by atoms with E-state index in [1.165, 1.54) is 59.3 Å². The van der Waals surface area contributed by atoms with Crippen molar-refractivity contribution in [3.05, 3.63) is 103 Å². The Morgan fingerprint density at radius 2 is 1.60 bits per heavy atom. The summed E-state index contributed by atoms with van der Waals surface area (Å²) in [4.78, 5) is 84.5. The van der Waals surface area contributed by atoms with Gasteiger partial charge in [-0.15, -0.1) is 0 Å². The summed E-state index contributed by atoms with van der Waals surface area (Å²) in [5.74, 6) is -8.06. The smallest absolute Gasteiger partial charge is 0.312 e. The number of methoxy groups -OCH3 is 2.